The minimum Gasteiger partial charge on any atom is -0.493 e. The molecule has 0 spiro atoms. The molecule has 0 bridgehead atoms. The van der Waals surface area contributed by atoms with E-state index >= 15 is 0 Å². The van der Waals surface area contributed by atoms with E-state index in [4.69, 9.17) is 4.74 Å². The van der Waals surface area contributed by atoms with Gasteiger partial charge < -0.3 is 14.8 Å². The predicted molar refractivity (Wildman–Crippen MR) is 112 cm³/mol. The molecule has 1 aliphatic rings. The molecule has 1 N–H and O–H groups in total. The Hall–Kier alpha value is -3.49. The van der Waals surface area contributed by atoms with Crippen LogP contribution in [-0.2, 0) is 11.2 Å². The van der Waals surface area contributed by atoms with Crippen LogP contribution in [0.25, 0.3) is 0 Å². The molecule has 32 heavy (non-hydrogen) atoms. The maximum Gasteiger partial charge on any atom is 0.387 e. The molecule has 0 aromatic heterocycles. The Balaban J connectivity index is 1.44. The maximum atomic E-state index is 12.5. The molecular weight excluding hydrogens is 422 g/mol. The molecule has 7 nitrogen and oxygen atoms in total. The summed E-state index contributed by atoms with van der Waals surface area (Å²) in [5.41, 5.74) is 2.38. The van der Waals surface area contributed by atoms with E-state index in [1.54, 1.807) is 24.3 Å². The first kappa shape index (κ1) is 23.2. The highest BCUT2D eigenvalue weighted by molar-refractivity contribution is 6.21. The average molecular weight is 446 g/mol. The van der Waals surface area contributed by atoms with Gasteiger partial charge in [-0.05, 0) is 49.6 Å². The Morgan fingerprint density at radius 1 is 1.06 bits per heavy atom. The summed E-state index contributed by atoms with van der Waals surface area (Å²) in [6.07, 6.45) is 0.896. The van der Waals surface area contributed by atoms with Crippen molar-refractivity contribution >= 4 is 17.7 Å². The fourth-order valence-corrected chi connectivity index (χ4v) is 3.50. The lowest BCUT2D eigenvalue weighted by Crippen LogP contribution is -2.32. The number of halogens is 2. The number of benzene rings is 2. The number of rotatable bonds is 10. The van der Waals surface area contributed by atoms with Crippen molar-refractivity contribution in [1.29, 1.82) is 0 Å². The van der Waals surface area contributed by atoms with Crippen LogP contribution in [0.2, 0.25) is 0 Å². The lowest BCUT2D eigenvalue weighted by molar-refractivity contribution is -0.121. The van der Waals surface area contributed by atoms with E-state index in [0.29, 0.717) is 36.1 Å². The van der Waals surface area contributed by atoms with Gasteiger partial charge in [0.25, 0.3) is 11.8 Å². The van der Waals surface area contributed by atoms with E-state index < -0.39 is 6.61 Å². The fourth-order valence-electron chi connectivity index (χ4n) is 3.50. The van der Waals surface area contributed by atoms with Crippen molar-refractivity contribution in [3.63, 3.8) is 0 Å². The zero-order chi connectivity index (χ0) is 23.3. The van der Waals surface area contributed by atoms with Crippen LogP contribution < -0.4 is 14.8 Å². The SMILES string of the molecule is COc1ccc(CCNC(=O)CCCN2C(=O)c3ccc(C)cc3C2=O)cc1OC(F)F. The number of fused-ring (bicyclic) bond motifs is 1. The van der Waals surface area contributed by atoms with Crippen LogP contribution in [0.5, 0.6) is 11.5 Å². The molecule has 3 amide bonds. The molecule has 0 fully saturated rings. The fraction of sp³-hybridized carbons (Fsp3) is 0.348. The van der Waals surface area contributed by atoms with E-state index in [-0.39, 0.29) is 42.2 Å². The lowest BCUT2D eigenvalue weighted by atomic mass is 10.1. The van der Waals surface area contributed by atoms with Gasteiger partial charge in [0, 0.05) is 19.5 Å². The number of nitrogens with zero attached hydrogens (tertiary/aromatic N) is 1. The highest BCUT2D eigenvalue weighted by Gasteiger charge is 2.34. The van der Waals surface area contributed by atoms with Crippen LogP contribution in [-0.4, -0.2) is 49.4 Å². The van der Waals surface area contributed by atoms with Gasteiger partial charge in [0.15, 0.2) is 11.5 Å². The van der Waals surface area contributed by atoms with Gasteiger partial charge in [-0.1, -0.05) is 17.7 Å². The molecule has 0 atom stereocenters. The van der Waals surface area contributed by atoms with Gasteiger partial charge in [-0.3, -0.25) is 19.3 Å². The molecule has 9 heteroatoms. The molecule has 1 aliphatic heterocycles. The van der Waals surface area contributed by atoms with Crippen molar-refractivity contribution in [1.82, 2.24) is 10.2 Å². The first-order valence-electron chi connectivity index (χ1n) is 10.2. The zero-order valence-corrected chi connectivity index (χ0v) is 17.8. The van der Waals surface area contributed by atoms with Gasteiger partial charge in [0.1, 0.15) is 0 Å². The largest absolute Gasteiger partial charge is 0.493 e. The number of nitrogens with one attached hydrogen (secondary N) is 1. The number of carbonyl (C=O) groups is 3. The smallest absolute Gasteiger partial charge is 0.387 e. The summed E-state index contributed by atoms with van der Waals surface area (Å²) < 4.78 is 34.5. The second-order valence-corrected chi connectivity index (χ2v) is 7.38. The summed E-state index contributed by atoms with van der Waals surface area (Å²) in [4.78, 5) is 38.1. The summed E-state index contributed by atoms with van der Waals surface area (Å²) >= 11 is 0. The molecule has 0 saturated heterocycles. The van der Waals surface area contributed by atoms with Crippen LogP contribution in [0.15, 0.2) is 36.4 Å². The van der Waals surface area contributed by atoms with E-state index in [0.717, 1.165) is 5.56 Å². The van der Waals surface area contributed by atoms with Gasteiger partial charge in [-0.15, -0.1) is 0 Å². The molecular formula is C23H24F2N2O5. The molecule has 0 unspecified atom stereocenters. The molecule has 3 rings (SSSR count). The normalized spacial score (nSPS) is 12.8. The summed E-state index contributed by atoms with van der Waals surface area (Å²) in [6, 6.07) is 9.80. The van der Waals surface area contributed by atoms with Crippen LogP contribution in [0.4, 0.5) is 8.78 Å². The van der Waals surface area contributed by atoms with Crippen molar-refractivity contribution in [3.8, 4) is 11.5 Å². The number of amides is 3. The summed E-state index contributed by atoms with van der Waals surface area (Å²) in [7, 11) is 1.36. The summed E-state index contributed by atoms with van der Waals surface area (Å²) in [5.74, 6) is -0.777. The number of hydrogen-bond donors (Lipinski definition) is 1. The van der Waals surface area contributed by atoms with Crippen LogP contribution in [0.1, 0.15) is 44.7 Å². The topological polar surface area (TPSA) is 84.9 Å². The zero-order valence-electron chi connectivity index (χ0n) is 17.8. The van der Waals surface area contributed by atoms with E-state index in [2.05, 4.69) is 10.1 Å². The highest BCUT2D eigenvalue weighted by Crippen LogP contribution is 2.29. The number of imide groups is 1. The standard InChI is InChI=1S/C23H24F2N2O5/c1-14-5-7-16-17(12-14)22(30)27(21(16)29)11-3-4-20(28)26-10-9-15-6-8-18(31-2)19(13-15)32-23(24)25/h5-8,12-13,23H,3-4,9-11H2,1-2H3,(H,26,28). The minimum absolute atomic E-state index is 0.0672. The Morgan fingerprint density at radius 3 is 2.53 bits per heavy atom. The van der Waals surface area contributed by atoms with E-state index in [1.807, 2.05) is 6.92 Å². The van der Waals surface area contributed by atoms with Crippen LogP contribution >= 0.6 is 0 Å². The molecule has 2 aromatic rings. The molecule has 0 saturated carbocycles. The Kier molecular flexibility index (Phi) is 7.40. The average Bonchev–Trinajstić information content (AvgIpc) is 2.97. The summed E-state index contributed by atoms with van der Waals surface area (Å²) in [6.45, 7) is -0.661. The quantitative estimate of drug-likeness (QED) is 0.566. The first-order valence-corrected chi connectivity index (χ1v) is 10.2. The Labute approximate surface area is 184 Å². The molecule has 170 valence electrons. The Morgan fingerprint density at radius 2 is 1.81 bits per heavy atom. The van der Waals surface area contributed by atoms with Gasteiger partial charge in [0.05, 0.1) is 18.2 Å². The predicted octanol–water partition coefficient (Wildman–Crippen LogP) is 3.34. The van der Waals surface area contributed by atoms with Crippen LogP contribution in [0.3, 0.4) is 0 Å². The third-order valence-corrected chi connectivity index (χ3v) is 5.09. The second kappa shape index (κ2) is 10.2. The molecule has 0 aliphatic carbocycles. The van der Waals surface area contributed by atoms with Gasteiger partial charge >= 0.3 is 6.61 Å². The molecule has 2 aromatic carbocycles. The Bertz CT molecular complexity index is 1030. The van der Waals surface area contributed by atoms with Gasteiger partial charge in [0.2, 0.25) is 5.91 Å². The lowest BCUT2D eigenvalue weighted by Gasteiger charge is -2.14. The minimum atomic E-state index is -2.97. The number of methoxy groups -OCH3 is 1. The number of ether oxygens (including phenoxy) is 2. The number of alkyl halides is 2. The van der Waals surface area contributed by atoms with Crippen molar-refractivity contribution in [2.45, 2.75) is 32.8 Å². The summed E-state index contributed by atoms with van der Waals surface area (Å²) in [5, 5.41) is 2.74. The molecule has 0 radical (unpaired) electrons. The van der Waals surface area contributed by atoms with Gasteiger partial charge in [-0.2, -0.15) is 8.78 Å². The van der Waals surface area contributed by atoms with E-state index in [1.165, 1.54) is 24.1 Å². The second-order valence-electron chi connectivity index (χ2n) is 7.38. The first-order chi connectivity index (χ1) is 15.3. The monoisotopic (exact) mass is 446 g/mol. The van der Waals surface area contributed by atoms with Crippen LogP contribution in [0, 0.1) is 6.92 Å². The maximum absolute atomic E-state index is 12.5. The van der Waals surface area contributed by atoms with Crippen molar-refractivity contribution in [3.05, 3.63) is 58.7 Å². The van der Waals surface area contributed by atoms with Crippen molar-refractivity contribution < 1.29 is 32.6 Å². The number of aryl methyl sites for hydroxylation is 1. The van der Waals surface area contributed by atoms with Crippen molar-refractivity contribution in [2.24, 2.45) is 0 Å². The highest BCUT2D eigenvalue weighted by atomic mass is 19.3. The van der Waals surface area contributed by atoms with Gasteiger partial charge in [-0.25, -0.2) is 0 Å². The van der Waals surface area contributed by atoms with E-state index in [9.17, 15) is 23.2 Å². The van der Waals surface area contributed by atoms with Crippen molar-refractivity contribution in [2.75, 3.05) is 20.2 Å². The molecule has 1 heterocycles. The third-order valence-electron chi connectivity index (χ3n) is 5.09. The number of hydrogen-bond acceptors (Lipinski definition) is 5. The third kappa shape index (κ3) is 5.40. The number of carbonyl (C=O) groups excluding carboxylic acids is 3.